The SMILES string of the molecule is c1ccc2c(-c3nn[nH]n3)onc2c1. The summed E-state index contributed by atoms with van der Waals surface area (Å²) in [5.74, 6) is 0.952. The Bertz CT molecular complexity index is 556. The van der Waals surface area contributed by atoms with Crippen LogP contribution < -0.4 is 0 Å². The highest BCUT2D eigenvalue weighted by molar-refractivity contribution is 5.89. The van der Waals surface area contributed by atoms with Crippen molar-refractivity contribution in [2.75, 3.05) is 0 Å². The van der Waals surface area contributed by atoms with Crippen molar-refractivity contribution >= 4 is 10.9 Å². The predicted molar refractivity (Wildman–Crippen MR) is 47.2 cm³/mol. The number of hydrogen-bond acceptors (Lipinski definition) is 5. The van der Waals surface area contributed by atoms with Crippen LogP contribution in [-0.4, -0.2) is 25.8 Å². The molecule has 0 spiro atoms. The minimum absolute atomic E-state index is 0.415. The molecule has 14 heavy (non-hydrogen) atoms. The average molecular weight is 187 g/mol. The molecule has 0 bridgehead atoms. The van der Waals surface area contributed by atoms with Gasteiger partial charge in [0.15, 0.2) is 0 Å². The number of benzene rings is 1. The van der Waals surface area contributed by atoms with Gasteiger partial charge in [0.1, 0.15) is 5.52 Å². The Hall–Kier alpha value is -2.24. The molecule has 1 aromatic carbocycles. The molecule has 0 fully saturated rings. The van der Waals surface area contributed by atoms with Gasteiger partial charge < -0.3 is 4.52 Å². The van der Waals surface area contributed by atoms with E-state index in [1.165, 1.54) is 0 Å². The average Bonchev–Trinajstić information content (AvgIpc) is 2.85. The summed E-state index contributed by atoms with van der Waals surface area (Å²) in [6.07, 6.45) is 0. The molecule has 1 N–H and O–H groups in total. The third-order valence-corrected chi connectivity index (χ3v) is 1.93. The summed E-state index contributed by atoms with van der Waals surface area (Å²) in [7, 11) is 0. The number of rotatable bonds is 1. The topological polar surface area (TPSA) is 80.5 Å². The highest BCUT2D eigenvalue weighted by Crippen LogP contribution is 2.24. The molecule has 0 saturated carbocycles. The van der Waals surface area contributed by atoms with Gasteiger partial charge in [-0.3, -0.25) is 0 Å². The number of H-pyrrole nitrogens is 1. The van der Waals surface area contributed by atoms with E-state index in [2.05, 4.69) is 25.8 Å². The minimum Gasteiger partial charge on any atom is -0.351 e. The summed E-state index contributed by atoms with van der Waals surface area (Å²) in [5, 5.41) is 18.2. The maximum atomic E-state index is 5.12. The van der Waals surface area contributed by atoms with Crippen molar-refractivity contribution in [2.45, 2.75) is 0 Å². The molecule has 0 radical (unpaired) electrons. The smallest absolute Gasteiger partial charge is 0.243 e. The van der Waals surface area contributed by atoms with Crippen LogP contribution in [0.25, 0.3) is 22.5 Å². The van der Waals surface area contributed by atoms with Crippen LogP contribution in [0.15, 0.2) is 28.8 Å². The van der Waals surface area contributed by atoms with Gasteiger partial charge in [-0.15, -0.1) is 10.2 Å². The predicted octanol–water partition coefficient (Wildman–Crippen LogP) is 1.01. The third kappa shape index (κ3) is 0.905. The Morgan fingerprint density at radius 1 is 1.21 bits per heavy atom. The van der Waals surface area contributed by atoms with Crippen LogP contribution in [0, 0.1) is 0 Å². The van der Waals surface area contributed by atoms with Crippen LogP contribution in [0.1, 0.15) is 0 Å². The van der Waals surface area contributed by atoms with Crippen LogP contribution in [0.2, 0.25) is 0 Å². The Labute approximate surface area is 77.9 Å². The first-order valence-electron chi connectivity index (χ1n) is 4.03. The van der Waals surface area contributed by atoms with Gasteiger partial charge in [0.05, 0.1) is 5.39 Å². The van der Waals surface area contributed by atoms with E-state index in [0.29, 0.717) is 11.6 Å². The molecule has 0 atom stereocenters. The second kappa shape index (κ2) is 2.63. The molecule has 0 aliphatic carbocycles. The van der Waals surface area contributed by atoms with Crippen molar-refractivity contribution in [1.29, 1.82) is 0 Å². The van der Waals surface area contributed by atoms with E-state index in [-0.39, 0.29) is 0 Å². The number of tetrazole rings is 1. The van der Waals surface area contributed by atoms with E-state index in [1.807, 2.05) is 24.3 Å². The second-order valence-electron chi connectivity index (χ2n) is 2.76. The lowest BCUT2D eigenvalue weighted by Crippen LogP contribution is -1.77. The van der Waals surface area contributed by atoms with Crippen molar-refractivity contribution in [3.8, 4) is 11.6 Å². The minimum atomic E-state index is 0.415. The van der Waals surface area contributed by atoms with Crippen molar-refractivity contribution in [1.82, 2.24) is 25.8 Å². The fourth-order valence-electron chi connectivity index (χ4n) is 1.31. The highest BCUT2D eigenvalue weighted by atomic mass is 16.5. The second-order valence-corrected chi connectivity index (χ2v) is 2.76. The molecule has 0 aliphatic rings. The van der Waals surface area contributed by atoms with E-state index in [0.717, 1.165) is 10.9 Å². The van der Waals surface area contributed by atoms with Crippen LogP contribution in [0.4, 0.5) is 0 Å². The van der Waals surface area contributed by atoms with Crippen molar-refractivity contribution in [3.05, 3.63) is 24.3 Å². The lowest BCUT2D eigenvalue weighted by molar-refractivity contribution is 0.438. The van der Waals surface area contributed by atoms with Gasteiger partial charge in [-0.05, 0) is 17.3 Å². The van der Waals surface area contributed by atoms with Gasteiger partial charge >= 0.3 is 0 Å². The van der Waals surface area contributed by atoms with Gasteiger partial charge in [0, 0.05) is 0 Å². The third-order valence-electron chi connectivity index (χ3n) is 1.93. The zero-order chi connectivity index (χ0) is 9.38. The molecule has 2 heterocycles. The molecule has 0 aliphatic heterocycles. The maximum Gasteiger partial charge on any atom is 0.243 e. The molecule has 0 amide bonds. The molecular formula is C8H5N5O. The molecular weight excluding hydrogens is 182 g/mol. The van der Waals surface area contributed by atoms with Crippen LogP contribution in [0.3, 0.4) is 0 Å². The van der Waals surface area contributed by atoms with Gasteiger partial charge in [-0.1, -0.05) is 17.3 Å². The lowest BCUT2D eigenvalue weighted by atomic mass is 10.2. The summed E-state index contributed by atoms with van der Waals surface area (Å²) in [5.41, 5.74) is 0.785. The molecule has 68 valence electrons. The monoisotopic (exact) mass is 187 g/mol. The summed E-state index contributed by atoms with van der Waals surface area (Å²) in [4.78, 5) is 0. The normalized spacial score (nSPS) is 10.9. The Morgan fingerprint density at radius 3 is 3.00 bits per heavy atom. The van der Waals surface area contributed by atoms with Gasteiger partial charge in [-0.2, -0.15) is 5.21 Å². The number of aromatic nitrogens is 5. The van der Waals surface area contributed by atoms with E-state index in [4.69, 9.17) is 4.52 Å². The Balaban J connectivity index is 2.33. The number of nitrogens with zero attached hydrogens (tertiary/aromatic N) is 4. The lowest BCUT2D eigenvalue weighted by Gasteiger charge is -1.85. The first kappa shape index (κ1) is 7.19. The van der Waals surface area contributed by atoms with Gasteiger partial charge in [0.25, 0.3) is 0 Å². The summed E-state index contributed by atoms with van der Waals surface area (Å²) >= 11 is 0. The van der Waals surface area contributed by atoms with Gasteiger partial charge in [-0.25, -0.2) is 0 Å². The van der Waals surface area contributed by atoms with Crippen molar-refractivity contribution < 1.29 is 4.52 Å². The summed E-state index contributed by atoms with van der Waals surface area (Å²) in [6.45, 7) is 0. The molecule has 2 aromatic heterocycles. The van der Waals surface area contributed by atoms with Crippen molar-refractivity contribution in [2.24, 2.45) is 0 Å². The fraction of sp³-hybridized carbons (Fsp3) is 0. The maximum absolute atomic E-state index is 5.12. The van der Waals surface area contributed by atoms with E-state index >= 15 is 0 Å². The number of fused-ring (bicyclic) bond motifs is 1. The Morgan fingerprint density at radius 2 is 2.14 bits per heavy atom. The zero-order valence-electron chi connectivity index (χ0n) is 7.01. The van der Waals surface area contributed by atoms with Crippen LogP contribution in [-0.2, 0) is 0 Å². The first-order chi connectivity index (χ1) is 6.95. The van der Waals surface area contributed by atoms with Gasteiger partial charge in [0.2, 0.25) is 11.6 Å². The fourth-order valence-corrected chi connectivity index (χ4v) is 1.31. The standard InChI is InChI=1S/C8H5N5O/c1-2-4-6-5(3-1)7(14-11-6)8-9-12-13-10-8/h1-4H,(H,9,10,12,13). The van der Waals surface area contributed by atoms with E-state index in [9.17, 15) is 0 Å². The molecule has 6 heteroatoms. The van der Waals surface area contributed by atoms with Crippen LogP contribution in [0.5, 0.6) is 0 Å². The molecule has 3 rings (SSSR count). The van der Waals surface area contributed by atoms with Crippen LogP contribution >= 0.6 is 0 Å². The highest BCUT2D eigenvalue weighted by Gasteiger charge is 2.13. The zero-order valence-corrected chi connectivity index (χ0v) is 7.01. The largest absolute Gasteiger partial charge is 0.351 e. The summed E-state index contributed by atoms with van der Waals surface area (Å²) < 4.78 is 5.12. The molecule has 0 unspecified atom stereocenters. The van der Waals surface area contributed by atoms with E-state index < -0.39 is 0 Å². The van der Waals surface area contributed by atoms with Crippen molar-refractivity contribution in [3.63, 3.8) is 0 Å². The van der Waals surface area contributed by atoms with E-state index in [1.54, 1.807) is 0 Å². The Kier molecular flexibility index (Phi) is 1.35. The number of aromatic amines is 1. The number of hydrogen-bond donors (Lipinski definition) is 1. The first-order valence-corrected chi connectivity index (χ1v) is 4.03. The molecule has 3 aromatic rings. The number of nitrogens with one attached hydrogen (secondary N) is 1. The quantitative estimate of drug-likeness (QED) is 0.614. The summed E-state index contributed by atoms with van der Waals surface area (Å²) in [6, 6.07) is 7.56. The molecule has 0 saturated heterocycles. The molecule has 6 nitrogen and oxygen atoms in total.